The Bertz CT molecular complexity index is 481. The van der Waals surface area contributed by atoms with E-state index in [2.05, 4.69) is 47.9 Å². The second-order valence-corrected chi connectivity index (χ2v) is 8.05. The second-order valence-electron chi connectivity index (χ2n) is 8.05. The Morgan fingerprint density at radius 1 is 1.10 bits per heavy atom. The standard InChI is InChI=1S/C17H30N4/c1-17(2,3)13-7-5-6-8-14(13)18-11-15-19-20-16(21(15)4)12-9-10-12/h12-14,18H,5-11H2,1-4H3. The molecule has 1 heterocycles. The van der Waals surface area contributed by atoms with E-state index >= 15 is 0 Å². The van der Waals surface area contributed by atoms with E-state index in [1.165, 1.54) is 44.3 Å². The molecule has 2 aliphatic carbocycles. The number of hydrogen-bond donors (Lipinski definition) is 1. The minimum atomic E-state index is 0.386. The zero-order valence-electron chi connectivity index (χ0n) is 14.0. The molecule has 2 saturated carbocycles. The van der Waals surface area contributed by atoms with E-state index in [1.54, 1.807) is 0 Å². The maximum atomic E-state index is 4.40. The van der Waals surface area contributed by atoms with Gasteiger partial charge >= 0.3 is 0 Å². The molecule has 0 saturated heterocycles. The third-order valence-electron chi connectivity index (χ3n) is 5.34. The van der Waals surface area contributed by atoms with Crippen LogP contribution in [-0.4, -0.2) is 20.8 Å². The van der Waals surface area contributed by atoms with E-state index in [0.29, 0.717) is 17.4 Å². The predicted molar refractivity (Wildman–Crippen MR) is 85.0 cm³/mol. The maximum absolute atomic E-state index is 4.40. The number of nitrogens with one attached hydrogen (secondary N) is 1. The lowest BCUT2D eigenvalue weighted by Gasteiger charge is -2.41. The summed E-state index contributed by atoms with van der Waals surface area (Å²) in [6.45, 7) is 8.00. The average molecular weight is 290 g/mol. The van der Waals surface area contributed by atoms with Gasteiger partial charge in [-0.15, -0.1) is 10.2 Å². The summed E-state index contributed by atoms with van der Waals surface area (Å²) >= 11 is 0. The van der Waals surface area contributed by atoms with Crippen molar-refractivity contribution >= 4 is 0 Å². The minimum absolute atomic E-state index is 0.386. The SMILES string of the molecule is Cn1c(CNC2CCCCC2C(C)(C)C)nnc1C1CC1. The number of rotatable bonds is 4. The maximum Gasteiger partial charge on any atom is 0.146 e. The van der Waals surface area contributed by atoms with Crippen LogP contribution in [-0.2, 0) is 13.6 Å². The van der Waals surface area contributed by atoms with Crippen molar-refractivity contribution in [2.24, 2.45) is 18.4 Å². The molecule has 1 N–H and O–H groups in total. The van der Waals surface area contributed by atoms with Gasteiger partial charge in [0.15, 0.2) is 0 Å². The number of hydrogen-bond acceptors (Lipinski definition) is 3. The summed E-state index contributed by atoms with van der Waals surface area (Å²) < 4.78 is 2.21. The molecule has 1 aromatic heterocycles. The average Bonchev–Trinajstić information content (AvgIpc) is 3.21. The van der Waals surface area contributed by atoms with Crippen LogP contribution in [0.3, 0.4) is 0 Å². The van der Waals surface area contributed by atoms with E-state index < -0.39 is 0 Å². The van der Waals surface area contributed by atoms with Crippen molar-refractivity contribution < 1.29 is 0 Å². The fraction of sp³-hybridized carbons (Fsp3) is 0.882. The monoisotopic (exact) mass is 290 g/mol. The van der Waals surface area contributed by atoms with Crippen molar-refractivity contribution in [1.82, 2.24) is 20.1 Å². The molecule has 118 valence electrons. The summed E-state index contributed by atoms with van der Waals surface area (Å²) in [5.74, 6) is 3.72. The Kier molecular flexibility index (Phi) is 4.08. The van der Waals surface area contributed by atoms with Crippen molar-refractivity contribution in [3.8, 4) is 0 Å². The molecule has 21 heavy (non-hydrogen) atoms. The van der Waals surface area contributed by atoms with E-state index in [-0.39, 0.29) is 0 Å². The van der Waals surface area contributed by atoms with Gasteiger partial charge in [0.2, 0.25) is 0 Å². The summed E-state index contributed by atoms with van der Waals surface area (Å²) in [6, 6.07) is 0.625. The first-order valence-electron chi connectivity index (χ1n) is 8.58. The van der Waals surface area contributed by atoms with Crippen LogP contribution in [0.4, 0.5) is 0 Å². The van der Waals surface area contributed by atoms with Crippen molar-refractivity contribution in [2.75, 3.05) is 0 Å². The topological polar surface area (TPSA) is 42.7 Å². The van der Waals surface area contributed by atoms with Gasteiger partial charge in [0.25, 0.3) is 0 Å². The van der Waals surface area contributed by atoms with E-state index in [9.17, 15) is 0 Å². The smallest absolute Gasteiger partial charge is 0.146 e. The first-order valence-corrected chi connectivity index (χ1v) is 8.58. The van der Waals surface area contributed by atoms with Crippen LogP contribution in [0, 0.1) is 11.3 Å². The summed E-state index contributed by atoms with van der Waals surface area (Å²) in [5, 5.41) is 12.6. The quantitative estimate of drug-likeness (QED) is 0.924. The van der Waals surface area contributed by atoms with Gasteiger partial charge in [0.1, 0.15) is 11.6 Å². The molecule has 2 fully saturated rings. The van der Waals surface area contributed by atoms with E-state index in [4.69, 9.17) is 0 Å². The van der Waals surface area contributed by atoms with Crippen molar-refractivity contribution in [3.05, 3.63) is 11.6 Å². The van der Waals surface area contributed by atoms with Gasteiger partial charge in [-0.1, -0.05) is 33.6 Å². The van der Waals surface area contributed by atoms with Gasteiger partial charge in [-0.25, -0.2) is 0 Å². The van der Waals surface area contributed by atoms with Gasteiger partial charge in [0, 0.05) is 19.0 Å². The second kappa shape index (κ2) is 5.71. The molecule has 0 radical (unpaired) electrons. The Balaban J connectivity index is 1.63. The van der Waals surface area contributed by atoms with Crippen LogP contribution in [0.5, 0.6) is 0 Å². The lowest BCUT2D eigenvalue weighted by Crippen LogP contribution is -2.44. The van der Waals surface area contributed by atoms with Gasteiger partial charge in [-0.3, -0.25) is 0 Å². The molecule has 2 unspecified atom stereocenters. The molecule has 4 heteroatoms. The van der Waals surface area contributed by atoms with Gasteiger partial charge < -0.3 is 9.88 Å². The Morgan fingerprint density at radius 2 is 1.81 bits per heavy atom. The van der Waals surface area contributed by atoms with Crippen LogP contribution in [0.2, 0.25) is 0 Å². The summed E-state index contributed by atoms with van der Waals surface area (Å²) in [6.07, 6.45) is 7.97. The third kappa shape index (κ3) is 3.31. The van der Waals surface area contributed by atoms with Crippen LogP contribution in [0.15, 0.2) is 0 Å². The lowest BCUT2D eigenvalue weighted by molar-refractivity contribution is 0.129. The van der Waals surface area contributed by atoms with E-state index in [0.717, 1.165) is 18.3 Å². The summed E-state index contributed by atoms with van der Waals surface area (Å²) in [4.78, 5) is 0. The fourth-order valence-corrected chi connectivity index (χ4v) is 3.86. The number of aromatic nitrogens is 3. The molecule has 3 rings (SSSR count). The fourth-order valence-electron chi connectivity index (χ4n) is 3.86. The lowest BCUT2D eigenvalue weighted by atomic mass is 9.69. The van der Waals surface area contributed by atoms with Gasteiger partial charge in [-0.05, 0) is 37.0 Å². The van der Waals surface area contributed by atoms with Crippen LogP contribution in [0.1, 0.15) is 76.9 Å². The van der Waals surface area contributed by atoms with Crippen LogP contribution >= 0.6 is 0 Å². The molecule has 2 aliphatic rings. The van der Waals surface area contributed by atoms with Crippen LogP contribution in [0.25, 0.3) is 0 Å². The first-order chi connectivity index (χ1) is 9.97. The highest BCUT2D eigenvalue weighted by Gasteiger charge is 2.34. The zero-order valence-corrected chi connectivity index (χ0v) is 14.0. The molecule has 4 nitrogen and oxygen atoms in total. The third-order valence-corrected chi connectivity index (χ3v) is 5.34. The molecule has 0 aromatic carbocycles. The highest BCUT2D eigenvalue weighted by Crippen LogP contribution is 2.39. The largest absolute Gasteiger partial charge is 0.317 e. The highest BCUT2D eigenvalue weighted by atomic mass is 15.3. The summed E-state index contributed by atoms with van der Waals surface area (Å²) in [7, 11) is 2.12. The molecule has 0 aliphatic heterocycles. The minimum Gasteiger partial charge on any atom is -0.317 e. The highest BCUT2D eigenvalue weighted by molar-refractivity contribution is 5.07. The molecule has 2 atom stereocenters. The Hall–Kier alpha value is -0.900. The van der Waals surface area contributed by atoms with E-state index in [1.807, 2.05) is 0 Å². The Labute approximate surface area is 128 Å². The van der Waals surface area contributed by atoms with Gasteiger partial charge in [-0.2, -0.15) is 0 Å². The molecule has 0 bridgehead atoms. The first kappa shape index (κ1) is 15.0. The van der Waals surface area contributed by atoms with Gasteiger partial charge in [0.05, 0.1) is 6.54 Å². The van der Waals surface area contributed by atoms with Crippen molar-refractivity contribution in [2.45, 2.75) is 77.8 Å². The zero-order chi connectivity index (χ0) is 15.0. The number of nitrogens with zero attached hydrogens (tertiary/aromatic N) is 3. The molecular weight excluding hydrogens is 260 g/mol. The predicted octanol–water partition coefficient (Wildman–Crippen LogP) is 3.39. The normalized spacial score (nSPS) is 27.0. The van der Waals surface area contributed by atoms with Crippen LogP contribution < -0.4 is 5.32 Å². The molecular formula is C17H30N4. The summed E-state index contributed by atoms with van der Waals surface area (Å²) in [5.41, 5.74) is 0.386. The molecule has 0 spiro atoms. The molecule has 0 amide bonds. The van der Waals surface area contributed by atoms with Crippen molar-refractivity contribution in [3.63, 3.8) is 0 Å². The Morgan fingerprint density at radius 3 is 2.48 bits per heavy atom. The van der Waals surface area contributed by atoms with Crippen molar-refractivity contribution in [1.29, 1.82) is 0 Å². The molecule has 1 aromatic rings.